The van der Waals surface area contributed by atoms with Gasteiger partial charge in [-0.3, -0.25) is 4.79 Å². The fraction of sp³-hybridized carbons (Fsp3) is 0.500. The van der Waals surface area contributed by atoms with Crippen molar-refractivity contribution >= 4 is 5.91 Å². The molecule has 1 saturated heterocycles. The number of nitrogens with zero attached hydrogens (tertiary/aromatic N) is 3. The number of hydrogen-bond donors (Lipinski definition) is 1. The summed E-state index contributed by atoms with van der Waals surface area (Å²) in [5.74, 6) is 0.848. The van der Waals surface area contributed by atoms with Gasteiger partial charge in [-0.15, -0.1) is 0 Å². The number of carbonyl (C=O) groups excluding carboxylic acids is 1. The number of piperidine rings is 1. The van der Waals surface area contributed by atoms with Gasteiger partial charge >= 0.3 is 0 Å². The first kappa shape index (κ1) is 18.5. The number of ether oxygens (including phenoxy) is 1. The minimum Gasteiger partial charge on any atom is -0.491 e. The third kappa shape index (κ3) is 5.08. The van der Waals surface area contributed by atoms with Crippen molar-refractivity contribution < 1.29 is 14.6 Å². The summed E-state index contributed by atoms with van der Waals surface area (Å²) in [6.45, 7) is 4.03. The molecule has 6 heteroatoms. The number of aliphatic hydroxyl groups is 1. The zero-order chi connectivity index (χ0) is 18.4. The summed E-state index contributed by atoms with van der Waals surface area (Å²) in [7, 11) is 0. The number of hydrogen-bond acceptors (Lipinski definition) is 4. The summed E-state index contributed by atoms with van der Waals surface area (Å²) < 4.78 is 7.76. The van der Waals surface area contributed by atoms with E-state index >= 15 is 0 Å². The smallest absolute Gasteiger partial charge is 0.222 e. The van der Waals surface area contributed by atoms with Crippen LogP contribution in [0.5, 0.6) is 5.75 Å². The lowest BCUT2D eigenvalue weighted by Gasteiger charge is -2.39. The zero-order valence-corrected chi connectivity index (χ0v) is 15.3. The fourth-order valence-electron chi connectivity index (χ4n) is 3.36. The van der Waals surface area contributed by atoms with Crippen molar-refractivity contribution in [3.8, 4) is 5.75 Å². The first-order valence-electron chi connectivity index (χ1n) is 9.19. The average molecular weight is 357 g/mol. The molecule has 140 valence electrons. The number of β-amino-alcohol motifs (C(OH)–C–C–N with tert-alkyl or cyclic N) is 1. The molecule has 0 radical (unpaired) electrons. The molecule has 1 aromatic heterocycles. The summed E-state index contributed by atoms with van der Waals surface area (Å²) in [6, 6.07) is 7.78. The third-order valence-corrected chi connectivity index (χ3v) is 4.77. The van der Waals surface area contributed by atoms with Crippen LogP contribution >= 0.6 is 0 Å². The number of aromatic nitrogens is 2. The Morgan fingerprint density at radius 3 is 3.08 bits per heavy atom. The molecule has 0 bridgehead atoms. The lowest BCUT2D eigenvalue weighted by Crippen LogP contribution is -2.53. The van der Waals surface area contributed by atoms with Gasteiger partial charge in [0.15, 0.2) is 0 Å². The van der Waals surface area contributed by atoms with Crippen LogP contribution in [-0.4, -0.2) is 50.8 Å². The van der Waals surface area contributed by atoms with E-state index in [1.807, 2.05) is 42.0 Å². The highest BCUT2D eigenvalue weighted by Crippen LogP contribution is 2.24. The highest BCUT2D eigenvalue weighted by molar-refractivity contribution is 5.76. The lowest BCUT2D eigenvalue weighted by molar-refractivity contribution is -0.140. The van der Waals surface area contributed by atoms with Gasteiger partial charge in [0.2, 0.25) is 5.91 Å². The van der Waals surface area contributed by atoms with E-state index in [0.29, 0.717) is 25.9 Å². The number of rotatable bonds is 7. The highest BCUT2D eigenvalue weighted by atomic mass is 16.5. The molecule has 1 aliphatic rings. The van der Waals surface area contributed by atoms with Crippen LogP contribution in [0.3, 0.4) is 0 Å². The molecule has 1 atom stereocenters. The molecule has 0 spiro atoms. The summed E-state index contributed by atoms with van der Waals surface area (Å²) in [5, 5.41) is 10.9. The van der Waals surface area contributed by atoms with Crippen molar-refractivity contribution in [3.63, 3.8) is 0 Å². The van der Waals surface area contributed by atoms with Crippen LogP contribution in [0, 0.1) is 6.92 Å². The molecule has 0 aliphatic carbocycles. The molecule has 2 heterocycles. The molecular weight excluding hydrogens is 330 g/mol. The molecule has 1 fully saturated rings. The molecule has 3 rings (SSSR count). The average Bonchev–Trinajstić information content (AvgIpc) is 3.14. The monoisotopic (exact) mass is 357 g/mol. The Hall–Kier alpha value is -2.34. The second-order valence-electron chi connectivity index (χ2n) is 7.15. The maximum atomic E-state index is 12.5. The van der Waals surface area contributed by atoms with Gasteiger partial charge < -0.3 is 19.3 Å². The fourth-order valence-corrected chi connectivity index (χ4v) is 3.36. The maximum Gasteiger partial charge on any atom is 0.222 e. The Labute approximate surface area is 154 Å². The van der Waals surface area contributed by atoms with Gasteiger partial charge in [-0.1, -0.05) is 12.1 Å². The second kappa shape index (κ2) is 8.36. The first-order chi connectivity index (χ1) is 12.5. The summed E-state index contributed by atoms with van der Waals surface area (Å²) in [6.07, 6.45) is 8.08. The largest absolute Gasteiger partial charge is 0.491 e. The van der Waals surface area contributed by atoms with Gasteiger partial charge in [0.1, 0.15) is 18.0 Å². The Kier molecular flexibility index (Phi) is 5.93. The predicted molar refractivity (Wildman–Crippen MR) is 98.9 cm³/mol. The highest BCUT2D eigenvalue weighted by Gasteiger charge is 2.35. The van der Waals surface area contributed by atoms with E-state index in [-0.39, 0.29) is 12.5 Å². The molecule has 1 unspecified atom stereocenters. The van der Waals surface area contributed by atoms with Crippen molar-refractivity contribution in [2.45, 2.75) is 44.8 Å². The van der Waals surface area contributed by atoms with E-state index in [2.05, 4.69) is 4.98 Å². The van der Waals surface area contributed by atoms with Gasteiger partial charge in [0, 0.05) is 31.9 Å². The summed E-state index contributed by atoms with van der Waals surface area (Å²) in [4.78, 5) is 18.3. The Balaban J connectivity index is 1.48. The normalized spacial score (nSPS) is 20.2. The molecule has 0 saturated carbocycles. The van der Waals surface area contributed by atoms with Gasteiger partial charge in [0.25, 0.3) is 0 Å². The number of imidazole rings is 1. The van der Waals surface area contributed by atoms with Crippen LogP contribution in [0.1, 0.15) is 31.2 Å². The third-order valence-electron chi connectivity index (χ3n) is 4.77. The van der Waals surface area contributed by atoms with Crippen molar-refractivity contribution in [3.05, 3.63) is 48.5 Å². The Morgan fingerprint density at radius 1 is 1.42 bits per heavy atom. The standard InChI is InChI=1S/C20H27N3O3/c1-17-5-2-6-18(13-17)26-15-20(25)8-4-11-23(14-20)19(24)7-3-10-22-12-9-21-16-22/h2,5-6,9,12-13,16,25H,3-4,7-8,10-11,14-15H2,1H3. The summed E-state index contributed by atoms with van der Waals surface area (Å²) in [5.41, 5.74) is 0.134. The zero-order valence-electron chi connectivity index (χ0n) is 15.3. The van der Waals surface area contributed by atoms with Crippen molar-refractivity contribution in [2.24, 2.45) is 0 Å². The lowest BCUT2D eigenvalue weighted by atomic mass is 9.93. The first-order valence-corrected chi connectivity index (χ1v) is 9.19. The van der Waals surface area contributed by atoms with Crippen LogP contribution in [0.2, 0.25) is 0 Å². The van der Waals surface area contributed by atoms with Crippen molar-refractivity contribution in [1.82, 2.24) is 14.5 Å². The second-order valence-corrected chi connectivity index (χ2v) is 7.15. The molecule has 1 amide bonds. The van der Waals surface area contributed by atoms with Crippen LogP contribution < -0.4 is 4.74 Å². The SMILES string of the molecule is Cc1cccc(OCC2(O)CCCN(C(=O)CCCn3ccnc3)C2)c1. The van der Waals surface area contributed by atoms with Crippen molar-refractivity contribution in [1.29, 1.82) is 0 Å². The molecular formula is C20H27N3O3. The Bertz CT molecular complexity index is 717. The minimum absolute atomic E-state index is 0.0961. The number of amides is 1. The number of benzene rings is 1. The minimum atomic E-state index is -0.984. The molecule has 2 aromatic rings. The number of carbonyl (C=O) groups is 1. The molecule has 26 heavy (non-hydrogen) atoms. The van der Waals surface area contributed by atoms with E-state index in [1.165, 1.54) is 0 Å². The predicted octanol–water partition coefficient (Wildman–Crippen LogP) is 2.40. The number of likely N-dealkylation sites (tertiary alicyclic amines) is 1. The van der Waals surface area contributed by atoms with Gasteiger partial charge in [-0.2, -0.15) is 0 Å². The molecule has 1 aliphatic heterocycles. The maximum absolute atomic E-state index is 12.5. The van der Waals surface area contributed by atoms with Gasteiger partial charge in [0.05, 0.1) is 12.9 Å². The number of aryl methyl sites for hydroxylation is 2. The van der Waals surface area contributed by atoms with Crippen LogP contribution in [0.15, 0.2) is 43.0 Å². The summed E-state index contributed by atoms with van der Waals surface area (Å²) >= 11 is 0. The van der Waals surface area contributed by atoms with Crippen LogP contribution in [0.25, 0.3) is 0 Å². The van der Waals surface area contributed by atoms with Gasteiger partial charge in [-0.25, -0.2) is 4.98 Å². The van der Waals surface area contributed by atoms with E-state index in [1.54, 1.807) is 17.4 Å². The van der Waals surface area contributed by atoms with Crippen molar-refractivity contribution in [2.75, 3.05) is 19.7 Å². The Morgan fingerprint density at radius 2 is 2.31 bits per heavy atom. The molecule has 6 nitrogen and oxygen atoms in total. The quantitative estimate of drug-likeness (QED) is 0.826. The molecule has 1 aromatic carbocycles. The topological polar surface area (TPSA) is 67.6 Å². The van der Waals surface area contributed by atoms with E-state index < -0.39 is 5.60 Å². The van der Waals surface area contributed by atoms with E-state index in [9.17, 15) is 9.90 Å². The van der Waals surface area contributed by atoms with E-state index in [4.69, 9.17) is 4.74 Å². The van der Waals surface area contributed by atoms with Gasteiger partial charge in [-0.05, 0) is 43.9 Å². The van der Waals surface area contributed by atoms with E-state index in [0.717, 1.165) is 30.7 Å². The van der Waals surface area contributed by atoms with Crippen LogP contribution in [0.4, 0.5) is 0 Å². The van der Waals surface area contributed by atoms with Crippen LogP contribution in [-0.2, 0) is 11.3 Å². The molecule has 1 N–H and O–H groups in total.